The molecule has 0 aliphatic carbocycles. The van der Waals surface area contributed by atoms with Gasteiger partial charge in [0.25, 0.3) is 0 Å². The molecular formula is C89H146O17P2. The van der Waals surface area contributed by atoms with Gasteiger partial charge in [-0.25, -0.2) is 9.13 Å². The number of phosphoric acid groups is 2. The minimum absolute atomic E-state index is 0.00421. The highest BCUT2D eigenvalue weighted by Gasteiger charge is 2.30. The molecule has 0 aromatic heterocycles. The molecule has 5 atom stereocenters. The molecule has 0 radical (unpaired) electrons. The third-order valence-corrected chi connectivity index (χ3v) is 18.6. The van der Waals surface area contributed by atoms with Crippen LogP contribution in [0.2, 0.25) is 0 Å². The van der Waals surface area contributed by atoms with Crippen molar-refractivity contribution in [3.05, 3.63) is 170 Å². The number of allylic oxidation sites excluding steroid dienone is 28. The minimum Gasteiger partial charge on any atom is -0.462 e. The van der Waals surface area contributed by atoms with Crippen molar-refractivity contribution in [2.45, 2.75) is 329 Å². The minimum atomic E-state index is -5.02. The summed E-state index contributed by atoms with van der Waals surface area (Å²) in [4.78, 5) is 73.1. The van der Waals surface area contributed by atoms with E-state index in [0.717, 1.165) is 109 Å². The second-order valence-corrected chi connectivity index (χ2v) is 29.9. The van der Waals surface area contributed by atoms with E-state index in [9.17, 15) is 43.2 Å². The van der Waals surface area contributed by atoms with E-state index in [2.05, 4.69) is 155 Å². The van der Waals surface area contributed by atoms with E-state index in [1.54, 1.807) is 0 Å². The van der Waals surface area contributed by atoms with Crippen LogP contribution in [-0.2, 0) is 65.4 Å². The Morgan fingerprint density at radius 1 is 0.269 bits per heavy atom. The summed E-state index contributed by atoms with van der Waals surface area (Å²) in [5.41, 5.74) is 0. The molecule has 0 heterocycles. The fraction of sp³-hybridized carbons (Fsp3) is 0.640. The fourth-order valence-electron chi connectivity index (χ4n) is 10.4. The van der Waals surface area contributed by atoms with Gasteiger partial charge in [0, 0.05) is 25.7 Å². The fourth-order valence-corrected chi connectivity index (χ4v) is 12.0. The average molecular weight is 1550 g/mol. The average Bonchev–Trinajstić information content (AvgIpc) is 0.903. The molecule has 3 N–H and O–H groups in total. The molecule has 614 valence electrons. The monoisotopic (exact) mass is 1550 g/mol. The molecule has 0 aromatic rings. The molecular weight excluding hydrogens is 1400 g/mol. The van der Waals surface area contributed by atoms with Crippen molar-refractivity contribution < 1.29 is 80.2 Å². The first-order valence-electron chi connectivity index (χ1n) is 41.4. The number of unbranched alkanes of at least 4 members (excludes halogenated alkanes) is 22. The first-order chi connectivity index (χ1) is 52.7. The third kappa shape index (κ3) is 78.5. The van der Waals surface area contributed by atoms with Crippen LogP contribution in [0.4, 0.5) is 0 Å². The molecule has 0 spiro atoms. The summed E-state index contributed by atoms with van der Waals surface area (Å²) in [6.45, 7) is 4.50. The Labute approximate surface area is 654 Å². The smallest absolute Gasteiger partial charge is 0.462 e. The van der Waals surface area contributed by atoms with Gasteiger partial charge in [0.1, 0.15) is 19.3 Å². The van der Waals surface area contributed by atoms with Crippen LogP contribution >= 0.6 is 15.6 Å². The van der Waals surface area contributed by atoms with Crippen LogP contribution in [0.1, 0.15) is 310 Å². The van der Waals surface area contributed by atoms with Gasteiger partial charge < -0.3 is 33.8 Å². The molecule has 108 heavy (non-hydrogen) atoms. The molecule has 0 bridgehead atoms. The zero-order valence-electron chi connectivity index (χ0n) is 67.2. The Morgan fingerprint density at radius 2 is 0.509 bits per heavy atom. The number of aliphatic hydroxyl groups is 1. The van der Waals surface area contributed by atoms with Crippen molar-refractivity contribution >= 4 is 39.5 Å². The first-order valence-corrected chi connectivity index (χ1v) is 44.4. The topological polar surface area (TPSA) is 237 Å². The Balaban J connectivity index is 5.55. The third-order valence-electron chi connectivity index (χ3n) is 16.7. The zero-order chi connectivity index (χ0) is 78.9. The zero-order valence-corrected chi connectivity index (χ0v) is 69.0. The standard InChI is InChI=1S/C89H146O17P2/c1-5-9-13-17-21-25-29-33-37-40-41-44-46-50-54-58-62-66-70-74-87(92)100-80-85(106-89(94)76-72-68-64-60-56-52-48-43-39-35-31-27-23-19-15-11-7-3)82-104-108(97,98)102-78-83(90)77-101-107(95,96)103-81-84(79-99-86(91)73-69-65-61-57-53-49-45-36-32-28-24-20-16-12-8-4)105-88(93)75-71-67-63-59-55-51-47-42-38-34-30-26-22-18-14-10-6-2/h9,13,21-23,25-27,33-35,37-39,41,44,47-48,50-52,54,59-60,62-64,66,83-85,90H,5-8,10-12,14-20,24,28-32,36,40,42-43,45-46,49,53,55-58,61,65,67-82H2,1-4H3,(H,95,96)(H,97,98)/b13-9-,25-21-,26-22-,27-23-,37-33-,38-34-,39-35-,44-41-,51-47-,52-48-,54-50-,63-59-,64-60-,66-62-/t83-,84+,85+/m0/s1. The Kier molecular flexibility index (Phi) is 75.4. The Hall–Kier alpha value is -5.58. The maximum atomic E-state index is 13.1. The maximum Gasteiger partial charge on any atom is 0.472 e. The number of carbonyl (C=O) groups excluding carboxylic acids is 4. The van der Waals surface area contributed by atoms with Crippen LogP contribution in [0, 0.1) is 0 Å². The normalized spacial score (nSPS) is 14.7. The molecule has 0 amide bonds. The van der Waals surface area contributed by atoms with E-state index < -0.39 is 97.5 Å². The predicted octanol–water partition coefficient (Wildman–Crippen LogP) is 24.6. The molecule has 0 aliphatic heterocycles. The van der Waals surface area contributed by atoms with Crippen LogP contribution in [0.5, 0.6) is 0 Å². The van der Waals surface area contributed by atoms with Gasteiger partial charge in [-0.1, -0.05) is 313 Å². The van der Waals surface area contributed by atoms with Crippen molar-refractivity contribution in [1.82, 2.24) is 0 Å². The van der Waals surface area contributed by atoms with E-state index in [-0.39, 0.29) is 25.7 Å². The van der Waals surface area contributed by atoms with Crippen molar-refractivity contribution in [1.29, 1.82) is 0 Å². The van der Waals surface area contributed by atoms with E-state index >= 15 is 0 Å². The summed E-state index contributed by atoms with van der Waals surface area (Å²) < 4.78 is 68.5. The van der Waals surface area contributed by atoms with Crippen LogP contribution < -0.4 is 0 Å². The highest BCUT2D eigenvalue weighted by Crippen LogP contribution is 2.45. The van der Waals surface area contributed by atoms with Crippen molar-refractivity contribution in [2.75, 3.05) is 39.6 Å². The molecule has 0 saturated heterocycles. The Morgan fingerprint density at radius 3 is 0.824 bits per heavy atom. The molecule has 0 aliphatic rings. The van der Waals surface area contributed by atoms with Gasteiger partial charge >= 0.3 is 39.5 Å². The largest absolute Gasteiger partial charge is 0.472 e. The van der Waals surface area contributed by atoms with Gasteiger partial charge in [0.05, 0.1) is 26.4 Å². The lowest BCUT2D eigenvalue weighted by molar-refractivity contribution is -0.161. The number of hydrogen-bond donors (Lipinski definition) is 3. The lowest BCUT2D eigenvalue weighted by atomic mass is 10.0. The molecule has 19 heteroatoms. The SMILES string of the molecule is CC/C=C\C/C=C\C/C=C\C/C=C\C/C=C\C/C=C\CCC(=O)OC[C@H](COP(=O)(O)OC[C@@H](O)COP(=O)(O)OC[C@@H](COC(=O)CCCCCCCCCCCCCCCCC)OC(=O)CCC/C=C\C/C=C\C/C=C\C/C=C\CCCCC)OC(=O)CCC/C=C\C/C=C\C/C=C\C/C=C\CCCCC. The number of hydrogen-bond acceptors (Lipinski definition) is 15. The molecule has 0 rings (SSSR count). The molecule has 0 aromatic carbocycles. The second-order valence-electron chi connectivity index (χ2n) is 27.0. The number of carbonyl (C=O) groups is 4. The van der Waals surface area contributed by atoms with Crippen LogP contribution in [0.25, 0.3) is 0 Å². The van der Waals surface area contributed by atoms with Gasteiger partial charge in [-0.15, -0.1) is 0 Å². The quantitative estimate of drug-likeness (QED) is 0.0169. The van der Waals surface area contributed by atoms with E-state index in [1.165, 1.54) is 103 Å². The van der Waals surface area contributed by atoms with Gasteiger partial charge in [-0.05, 0) is 141 Å². The number of ether oxygens (including phenoxy) is 4. The summed E-state index contributed by atoms with van der Waals surface area (Å²) in [6.07, 6.45) is 95.0. The van der Waals surface area contributed by atoms with Gasteiger partial charge in [0.2, 0.25) is 0 Å². The number of aliphatic hydroxyl groups excluding tert-OH is 1. The summed E-state index contributed by atoms with van der Waals surface area (Å²) in [7, 11) is -10.0. The number of rotatable bonds is 76. The molecule has 17 nitrogen and oxygen atoms in total. The van der Waals surface area contributed by atoms with Crippen molar-refractivity contribution in [3.8, 4) is 0 Å². The van der Waals surface area contributed by atoms with Crippen LogP contribution in [-0.4, -0.2) is 96.7 Å². The van der Waals surface area contributed by atoms with E-state index in [1.807, 2.05) is 42.5 Å². The highest BCUT2D eigenvalue weighted by molar-refractivity contribution is 7.47. The van der Waals surface area contributed by atoms with E-state index in [4.69, 9.17) is 37.0 Å². The van der Waals surface area contributed by atoms with Crippen LogP contribution in [0.3, 0.4) is 0 Å². The highest BCUT2D eigenvalue weighted by atomic mass is 31.2. The lowest BCUT2D eigenvalue weighted by Crippen LogP contribution is -2.30. The van der Waals surface area contributed by atoms with Crippen molar-refractivity contribution in [2.24, 2.45) is 0 Å². The lowest BCUT2D eigenvalue weighted by Gasteiger charge is -2.21. The maximum absolute atomic E-state index is 13.1. The summed E-state index contributed by atoms with van der Waals surface area (Å²) >= 11 is 0. The van der Waals surface area contributed by atoms with Gasteiger partial charge in [0.15, 0.2) is 12.2 Å². The molecule has 0 fully saturated rings. The molecule has 2 unspecified atom stereocenters. The van der Waals surface area contributed by atoms with Crippen LogP contribution in [0.15, 0.2) is 170 Å². The van der Waals surface area contributed by atoms with Gasteiger partial charge in [-0.3, -0.25) is 37.3 Å². The summed E-state index contributed by atoms with van der Waals surface area (Å²) in [6, 6.07) is 0. The predicted molar refractivity (Wildman–Crippen MR) is 445 cm³/mol. The van der Waals surface area contributed by atoms with E-state index in [0.29, 0.717) is 44.9 Å². The Bertz CT molecular complexity index is 2710. The second kappa shape index (κ2) is 79.5. The van der Waals surface area contributed by atoms with Crippen molar-refractivity contribution in [3.63, 3.8) is 0 Å². The number of esters is 4. The van der Waals surface area contributed by atoms with Gasteiger partial charge in [-0.2, -0.15) is 0 Å². The number of phosphoric ester groups is 2. The summed E-state index contributed by atoms with van der Waals surface area (Å²) in [5, 5.41) is 10.7. The summed E-state index contributed by atoms with van der Waals surface area (Å²) in [5.74, 6) is -2.41. The first kappa shape index (κ1) is 102. The molecule has 0 saturated carbocycles.